The average Bonchev–Trinajstić information content (AvgIpc) is 2.86. The fraction of sp³-hybridized carbons (Fsp3) is 0.321. The Morgan fingerprint density at radius 2 is 1.61 bits per heavy atom. The number of halogens is 2. The van der Waals surface area contributed by atoms with Crippen LogP contribution in [0.5, 0.6) is 0 Å². The van der Waals surface area contributed by atoms with Gasteiger partial charge in [-0.15, -0.1) is 0 Å². The molecular weight excluding hydrogens is 512 g/mol. The Morgan fingerprint density at radius 3 is 2.24 bits per heavy atom. The zero-order valence-corrected chi connectivity index (χ0v) is 22.5. The van der Waals surface area contributed by atoms with Crippen molar-refractivity contribution in [1.82, 2.24) is 4.90 Å². The van der Waals surface area contributed by atoms with E-state index in [2.05, 4.69) is 0 Å². The van der Waals surface area contributed by atoms with E-state index in [1.165, 1.54) is 18.0 Å². The van der Waals surface area contributed by atoms with Crippen LogP contribution >= 0.6 is 0 Å². The Bertz CT molecular complexity index is 1360. The van der Waals surface area contributed by atoms with Crippen molar-refractivity contribution < 1.29 is 27.1 Å². The first-order valence-electron chi connectivity index (χ1n) is 12.2. The highest BCUT2D eigenvalue weighted by Gasteiger charge is 2.25. The summed E-state index contributed by atoms with van der Waals surface area (Å²) in [5.41, 5.74) is 8.95. The molecule has 0 aliphatic heterocycles. The van der Waals surface area contributed by atoms with Crippen molar-refractivity contribution in [3.63, 3.8) is 0 Å². The normalized spacial score (nSPS) is 13.1. The molecule has 0 heterocycles. The van der Waals surface area contributed by atoms with Crippen LogP contribution in [-0.4, -0.2) is 56.3 Å². The van der Waals surface area contributed by atoms with Gasteiger partial charge < -0.3 is 15.7 Å². The lowest BCUT2D eigenvalue weighted by Gasteiger charge is -2.29. The number of aryl methyl sites for hydroxylation is 1. The summed E-state index contributed by atoms with van der Waals surface area (Å²) in [6.45, 7) is 2.03. The van der Waals surface area contributed by atoms with Gasteiger partial charge in [0.15, 0.2) is 0 Å². The third-order valence-corrected chi connectivity index (χ3v) is 7.52. The standard InChI is InChI=1S/C28H33F2N3O4S/c1-4-19-7-5-8-20(11-19)17-33(18-27(34)26(31)14-21-12-23(29)16-24(30)13-21)28(35)22-9-6-10-25(15-22)32(2)38(3,36)37/h5-13,15-16,26-27,34H,4,14,17-18,31H2,1-3H3/t26-,27+/m0/s1. The fourth-order valence-electron chi connectivity index (χ4n) is 4.09. The number of aliphatic hydroxyl groups excluding tert-OH is 1. The molecular formula is C28H33F2N3O4S. The quantitative estimate of drug-likeness (QED) is 0.384. The number of hydrogen-bond donors (Lipinski definition) is 2. The first kappa shape index (κ1) is 29.2. The van der Waals surface area contributed by atoms with E-state index in [1.54, 1.807) is 18.2 Å². The molecule has 0 saturated heterocycles. The predicted octanol–water partition coefficient (Wildman–Crippen LogP) is 3.50. The van der Waals surface area contributed by atoms with Crippen molar-refractivity contribution >= 4 is 21.6 Å². The number of carbonyl (C=O) groups is 1. The Balaban J connectivity index is 1.88. The second kappa shape index (κ2) is 12.5. The van der Waals surface area contributed by atoms with Crippen LogP contribution in [0.1, 0.15) is 34.0 Å². The lowest BCUT2D eigenvalue weighted by atomic mass is 10.0. The van der Waals surface area contributed by atoms with E-state index in [1.807, 2.05) is 31.2 Å². The van der Waals surface area contributed by atoms with Gasteiger partial charge >= 0.3 is 0 Å². The lowest BCUT2D eigenvalue weighted by Crippen LogP contribution is -2.46. The molecule has 0 aliphatic rings. The van der Waals surface area contributed by atoms with Crippen LogP contribution in [0.3, 0.4) is 0 Å². The molecule has 0 bridgehead atoms. The number of rotatable bonds is 11. The van der Waals surface area contributed by atoms with Gasteiger partial charge in [-0.25, -0.2) is 17.2 Å². The molecule has 1 amide bonds. The van der Waals surface area contributed by atoms with Gasteiger partial charge in [0.1, 0.15) is 11.6 Å². The molecule has 204 valence electrons. The highest BCUT2D eigenvalue weighted by molar-refractivity contribution is 7.92. The number of anilines is 1. The summed E-state index contributed by atoms with van der Waals surface area (Å²) in [5.74, 6) is -1.92. The van der Waals surface area contributed by atoms with E-state index in [4.69, 9.17) is 5.73 Å². The van der Waals surface area contributed by atoms with Gasteiger partial charge in [-0.1, -0.05) is 37.3 Å². The van der Waals surface area contributed by atoms with E-state index in [0.717, 1.165) is 46.3 Å². The van der Waals surface area contributed by atoms with Crippen LogP contribution in [-0.2, 0) is 29.4 Å². The average molecular weight is 546 g/mol. The molecule has 7 nitrogen and oxygen atoms in total. The van der Waals surface area contributed by atoms with Crippen LogP contribution in [0.4, 0.5) is 14.5 Å². The summed E-state index contributed by atoms with van der Waals surface area (Å²) < 4.78 is 52.3. The van der Waals surface area contributed by atoms with Crippen LogP contribution in [0.2, 0.25) is 0 Å². The van der Waals surface area contributed by atoms with Crippen LogP contribution in [0, 0.1) is 11.6 Å². The van der Waals surface area contributed by atoms with E-state index in [-0.39, 0.29) is 25.1 Å². The summed E-state index contributed by atoms with van der Waals surface area (Å²) in [4.78, 5) is 15.1. The third kappa shape index (κ3) is 7.83. The molecule has 3 aromatic carbocycles. The monoisotopic (exact) mass is 545 g/mol. The van der Waals surface area contributed by atoms with Crippen molar-refractivity contribution in [2.75, 3.05) is 24.2 Å². The van der Waals surface area contributed by atoms with Crippen molar-refractivity contribution in [3.8, 4) is 0 Å². The molecule has 10 heteroatoms. The maximum Gasteiger partial charge on any atom is 0.254 e. The maximum absolute atomic E-state index is 13.6. The van der Waals surface area contributed by atoms with Gasteiger partial charge in [0.2, 0.25) is 10.0 Å². The number of amides is 1. The van der Waals surface area contributed by atoms with Crippen molar-refractivity contribution in [2.24, 2.45) is 5.73 Å². The summed E-state index contributed by atoms with van der Waals surface area (Å²) in [7, 11) is -2.15. The molecule has 3 rings (SSSR count). The number of benzene rings is 3. The van der Waals surface area contributed by atoms with Gasteiger partial charge in [-0.05, 0) is 59.9 Å². The first-order valence-corrected chi connectivity index (χ1v) is 14.0. The largest absolute Gasteiger partial charge is 0.390 e. The predicted molar refractivity (Wildman–Crippen MR) is 144 cm³/mol. The number of nitrogens with zero attached hydrogens (tertiary/aromatic N) is 2. The summed E-state index contributed by atoms with van der Waals surface area (Å²) in [5, 5.41) is 10.9. The molecule has 0 unspecified atom stereocenters. The van der Waals surface area contributed by atoms with Gasteiger partial charge in [-0.2, -0.15) is 0 Å². The van der Waals surface area contributed by atoms with Crippen LogP contribution < -0.4 is 10.0 Å². The molecule has 0 spiro atoms. The molecule has 2 atom stereocenters. The molecule has 0 fully saturated rings. The van der Waals surface area contributed by atoms with E-state index in [0.29, 0.717) is 11.3 Å². The highest BCUT2D eigenvalue weighted by atomic mass is 32.2. The van der Waals surface area contributed by atoms with E-state index < -0.39 is 39.7 Å². The van der Waals surface area contributed by atoms with E-state index in [9.17, 15) is 27.1 Å². The zero-order chi connectivity index (χ0) is 28.0. The molecule has 0 aliphatic carbocycles. The van der Waals surface area contributed by atoms with Gasteiger partial charge in [0.05, 0.1) is 18.0 Å². The minimum Gasteiger partial charge on any atom is -0.390 e. The Morgan fingerprint density at radius 1 is 0.974 bits per heavy atom. The second-order valence-corrected chi connectivity index (χ2v) is 11.4. The van der Waals surface area contributed by atoms with Crippen LogP contribution in [0.25, 0.3) is 0 Å². The number of hydrogen-bond acceptors (Lipinski definition) is 5. The lowest BCUT2D eigenvalue weighted by molar-refractivity contribution is 0.0554. The van der Waals surface area contributed by atoms with E-state index >= 15 is 0 Å². The molecule has 3 N–H and O–H groups in total. The minimum absolute atomic E-state index is 0.00215. The minimum atomic E-state index is -3.54. The summed E-state index contributed by atoms with van der Waals surface area (Å²) in [6.07, 6.45) is 0.662. The summed E-state index contributed by atoms with van der Waals surface area (Å²) >= 11 is 0. The maximum atomic E-state index is 13.6. The highest BCUT2D eigenvalue weighted by Crippen LogP contribution is 2.20. The van der Waals surface area contributed by atoms with Gasteiger partial charge in [0.25, 0.3) is 5.91 Å². The Labute approximate surface area is 222 Å². The van der Waals surface area contributed by atoms with Crippen molar-refractivity contribution in [3.05, 3.63) is 101 Å². The number of sulfonamides is 1. The first-order chi connectivity index (χ1) is 17.9. The van der Waals surface area contributed by atoms with Crippen molar-refractivity contribution in [2.45, 2.75) is 38.5 Å². The van der Waals surface area contributed by atoms with Gasteiger partial charge in [0, 0.05) is 37.8 Å². The smallest absolute Gasteiger partial charge is 0.254 e. The molecule has 0 aromatic heterocycles. The number of aliphatic hydroxyl groups is 1. The molecule has 0 radical (unpaired) electrons. The Hall–Kier alpha value is -3.34. The SMILES string of the molecule is CCc1cccc(CN(C[C@@H](O)[C@@H](N)Cc2cc(F)cc(F)c2)C(=O)c2cccc(N(C)S(C)(=O)=O)c2)c1. The Kier molecular flexibility index (Phi) is 9.59. The fourth-order valence-corrected chi connectivity index (χ4v) is 4.59. The molecule has 3 aromatic rings. The molecule has 0 saturated carbocycles. The van der Waals surface area contributed by atoms with Crippen LogP contribution in [0.15, 0.2) is 66.7 Å². The topological polar surface area (TPSA) is 104 Å². The number of nitrogens with two attached hydrogens (primary N) is 1. The van der Waals surface area contributed by atoms with Crippen molar-refractivity contribution in [1.29, 1.82) is 0 Å². The zero-order valence-electron chi connectivity index (χ0n) is 21.6. The summed E-state index contributed by atoms with van der Waals surface area (Å²) in [6, 6.07) is 16.1. The molecule has 38 heavy (non-hydrogen) atoms. The number of carbonyl (C=O) groups excluding carboxylic acids is 1. The van der Waals surface area contributed by atoms with Gasteiger partial charge in [-0.3, -0.25) is 9.10 Å². The second-order valence-electron chi connectivity index (χ2n) is 9.35. The third-order valence-electron chi connectivity index (χ3n) is 6.31.